The molecule has 17 heavy (non-hydrogen) atoms. The molecule has 0 radical (unpaired) electrons. The van der Waals surface area contributed by atoms with Crippen LogP contribution in [0.1, 0.15) is 11.3 Å². The van der Waals surface area contributed by atoms with E-state index >= 15 is 0 Å². The Hall–Kier alpha value is -2.04. The van der Waals surface area contributed by atoms with E-state index in [-0.39, 0.29) is 5.82 Å². The maximum absolute atomic E-state index is 12.7. The summed E-state index contributed by atoms with van der Waals surface area (Å²) >= 11 is 0. The molecule has 5 heteroatoms. The Balaban J connectivity index is 2.09. The molecule has 0 bridgehead atoms. The molecule has 0 fully saturated rings. The highest BCUT2D eigenvalue weighted by Gasteiger charge is 2.10. The fourth-order valence-corrected chi connectivity index (χ4v) is 1.58. The maximum Gasteiger partial charge on any atom is 0.128 e. The molecule has 2 aromatic rings. The number of hydrogen-bond donors (Lipinski definition) is 1. The molecule has 0 spiro atoms. The minimum Gasteiger partial charge on any atom is -0.489 e. The van der Waals surface area contributed by atoms with Gasteiger partial charge in [0.1, 0.15) is 24.0 Å². The Bertz CT molecular complexity index is 519. The van der Waals surface area contributed by atoms with Gasteiger partial charge in [-0.2, -0.15) is 5.10 Å². The number of rotatable bonds is 3. The zero-order valence-electron chi connectivity index (χ0n) is 9.77. The molecule has 1 aromatic heterocycles. The molecule has 0 aliphatic carbocycles. The van der Waals surface area contributed by atoms with Crippen LogP contribution in [0.15, 0.2) is 24.3 Å². The summed E-state index contributed by atoms with van der Waals surface area (Å²) in [5, 5.41) is 4.19. The van der Waals surface area contributed by atoms with E-state index in [2.05, 4.69) is 5.10 Å². The van der Waals surface area contributed by atoms with Crippen molar-refractivity contribution < 1.29 is 9.13 Å². The second-order valence-electron chi connectivity index (χ2n) is 3.82. The lowest BCUT2D eigenvalue weighted by Crippen LogP contribution is -2.02. The standard InChI is InChI=1S/C12H14FN3O/c1-8-11(12(14)16(2)15-8)7-17-10-5-3-9(13)4-6-10/h3-6H,7,14H2,1-2H3. The topological polar surface area (TPSA) is 53.1 Å². The van der Waals surface area contributed by atoms with Gasteiger partial charge in [0, 0.05) is 7.05 Å². The van der Waals surface area contributed by atoms with Gasteiger partial charge in [0.25, 0.3) is 0 Å². The van der Waals surface area contributed by atoms with Gasteiger partial charge in [0.2, 0.25) is 0 Å². The van der Waals surface area contributed by atoms with Gasteiger partial charge in [-0.3, -0.25) is 4.68 Å². The monoisotopic (exact) mass is 235 g/mol. The molecule has 1 heterocycles. The number of nitrogens with two attached hydrogens (primary N) is 1. The molecule has 0 saturated carbocycles. The van der Waals surface area contributed by atoms with E-state index in [9.17, 15) is 4.39 Å². The molecular formula is C12H14FN3O. The second kappa shape index (κ2) is 4.45. The Morgan fingerprint density at radius 2 is 2.00 bits per heavy atom. The van der Waals surface area contributed by atoms with Crippen LogP contribution in [0.5, 0.6) is 5.75 Å². The first-order valence-electron chi connectivity index (χ1n) is 5.24. The van der Waals surface area contributed by atoms with Crippen molar-refractivity contribution in [3.8, 4) is 5.75 Å². The lowest BCUT2D eigenvalue weighted by Gasteiger charge is -2.06. The van der Waals surface area contributed by atoms with Gasteiger partial charge >= 0.3 is 0 Å². The highest BCUT2D eigenvalue weighted by molar-refractivity contribution is 5.42. The van der Waals surface area contributed by atoms with Crippen LogP contribution in [0.4, 0.5) is 10.2 Å². The fourth-order valence-electron chi connectivity index (χ4n) is 1.58. The van der Waals surface area contributed by atoms with Gasteiger partial charge in [0.05, 0.1) is 11.3 Å². The number of hydrogen-bond acceptors (Lipinski definition) is 3. The van der Waals surface area contributed by atoms with Gasteiger partial charge in [0.15, 0.2) is 0 Å². The number of halogens is 1. The average molecular weight is 235 g/mol. The summed E-state index contributed by atoms with van der Waals surface area (Å²) in [6.07, 6.45) is 0. The van der Waals surface area contributed by atoms with Crippen molar-refractivity contribution in [2.45, 2.75) is 13.5 Å². The summed E-state index contributed by atoms with van der Waals surface area (Å²) in [5.74, 6) is 0.910. The normalized spacial score (nSPS) is 10.5. The quantitative estimate of drug-likeness (QED) is 0.885. The molecule has 90 valence electrons. The van der Waals surface area contributed by atoms with Crippen molar-refractivity contribution in [2.75, 3.05) is 5.73 Å². The largest absolute Gasteiger partial charge is 0.489 e. The third kappa shape index (κ3) is 2.38. The highest BCUT2D eigenvalue weighted by Crippen LogP contribution is 2.19. The number of aryl methyl sites for hydroxylation is 2. The van der Waals surface area contributed by atoms with E-state index in [1.165, 1.54) is 12.1 Å². The number of nitrogen functional groups attached to an aromatic ring is 1. The van der Waals surface area contributed by atoms with E-state index < -0.39 is 0 Å². The zero-order chi connectivity index (χ0) is 12.4. The molecule has 0 saturated heterocycles. The third-order valence-electron chi connectivity index (χ3n) is 2.59. The summed E-state index contributed by atoms with van der Waals surface area (Å²) in [6, 6.07) is 5.87. The van der Waals surface area contributed by atoms with E-state index in [0.717, 1.165) is 11.3 Å². The summed E-state index contributed by atoms with van der Waals surface area (Å²) in [7, 11) is 1.78. The number of anilines is 1. The Kier molecular flexibility index (Phi) is 2.99. The van der Waals surface area contributed by atoms with Crippen LogP contribution in [0, 0.1) is 12.7 Å². The van der Waals surface area contributed by atoms with Crippen LogP contribution in [0.2, 0.25) is 0 Å². The summed E-state index contributed by atoms with van der Waals surface area (Å²) in [4.78, 5) is 0. The predicted molar refractivity (Wildman–Crippen MR) is 63.1 cm³/mol. The number of benzene rings is 1. The van der Waals surface area contributed by atoms with Crippen LogP contribution in [-0.4, -0.2) is 9.78 Å². The van der Waals surface area contributed by atoms with Gasteiger partial charge in [-0.15, -0.1) is 0 Å². The molecule has 0 amide bonds. The average Bonchev–Trinajstić information content (AvgIpc) is 2.54. The number of nitrogens with zero attached hydrogens (tertiary/aromatic N) is 2. The van der Waals surface area contributed by atoms with Crippen molar-refractivity contribution in [1.82, 2.24) is 9.78 Å². The smallest absolute Gasteiger partial charge is 0.128 e. The summed E-state index contributed by atoms with van der Waals surface area (Å²) in [5.41, 5.74) is 7.55. The summed E-state index contributed by atoms with van der Waals surface area (Å²) < 4.78 is 19.8. The minimum absolute atomic E-state index is 0.283. The molecule has 2 N–H and O–H groups in total. The van der Waals surface area contributed by atoms with Crippen LogP contribution >= 0.6 is 0 Å². The zero-order valence-corrected chi connectivity index (χ0v) is 9.77. The molecule has 2 rings (SSSR count). The van der Waals surface area contributed by atoms with E-state index in [0.29, 0.717) is 18.2 Å². The Morgan fingerprint density at radius 3 is 2.53 bits per heavy atom. The van der Waals surface area contributed by atoms with E-state index in [1.54, 1.807) is 23.9 Å². The van der Waals surface area contributed by atoms with E-state index in [4.69, 9.17) is 10.5 Å². The predicted octanol–water partition coefficient (Wildman–Crippen LogP) is 2.03. The third-order valence-corrected chi connectivity index (χ3v) is 2.59. The van der Waals surface area contributed by atoms with Crippen LogP contribution in [0.25, 0.3) is 0 Å². The van der Waals surface area contributed by atoms with Crippen molar-refractivity contribution in [3.63, 3.8) is 0 Å². The minimum atomic E-state index is -0.283. The van der Waals surface area contributed by atoms with Crippen molar-refractivity contribution in [3.05, 3.63) is 41.3 Å². The molecule has 0 atom stereocenters. The molecule has 0 aliphatic heterocycles. The first-order valence-corrected chi connectivity index (χ1v) is 5.24. The lowest BCUT2D eigenvalue weighted by atomic mass is 10.2. The first kappa shape index (κ1) is 11.4. The van der Waals surface area contributed by atoms with Gasteiger partial charge in [-0.25, -0.2) is 4.39 Å². The van der Waals surface area contributed by atoms with E-state index in [1.807, 2.05) is 6.92 Å². The molecule has 0 aliphatic rings. The molecule has 1 aromatic carbocycles. The Labute approximate surface area is 98.8 Å². The van der Waals surface area contributed by atoms with Crippen LogP contribution < -0.4 is 10.5 Å². The van der Waals surface area contributed by atoms with Gasteiger partial charge < -0.3 is 10.5 Å². The maximum atomic E-state index is 12.7. The van der Waals surface area contributed by atoms with Crippen molar-refractivity contribution in [2.24, 2.45) is 7.05 Å². The van der Waals surface area contributed by atoms with Gasteiger partial charge in [-0.05, 0) is 31.2 Å². The van der Waals surface area contributed by atoms with Crippen molar-refractivity contribution >= 4 is 5.82 Å². The second-order valence-corrected chi connectivity index (χ2v) is 3.82. The molecule has 0 unspecified atom stereocenters. The lowest BCUT2D eigenvalue weighted by molar-refractivity contribution is 0.305. The number of ether oxygens (including phenoxy) is 1. The fraction of sp³-hybridized carbons (Fsp3) is 0.250. The molecular weight excluding hydrogens is 221 g/mol. The Morgan fingerprint density at radius 1 is 1.35 bits per heavy atom. The molecule has 4 nitrogen and oxygen atoms in total. The SMILES string of the molecule is Cc1nn(C)c(N)c1COc1ccc(F)cc1. The first-order chi connectivity index (χ1) is 8.08. The van der Waals surface area contributed by atoms with Crippen LogP contribution in [0.3, 0.4) is 0 Å². The number of aromatic nitrogens is 2. The van der Waals surface area contributed by atoms with Crippen molar-refractivity contribution in [1.29, 1.82) is 0 Å². The van der Waals surface area contributed by atoms with Gasteiger partial charge in [-0.1, -0.05) is 0 Å². The van der Waals surface area contributed by atoms with Crippen LogP contribution in [-0.2, 0) is 13.7 Å². The summed E-state index contributed by atoms with van der Waals surface area (Å²) in [6.45, 7) is 2.21. The highest BCUT2D eigenvalue weighted by atomic mass is 19.1.